The Morgan fingerprint density at radius 2 is 2.14 bits per heavy atom. The van der Waals surface area contributed by atoms with Gasteiger partial charge >= 0.3 is 0 Å². The lowest BCUT2D eigenvalue weighted by Gasteiger charge is -2.24. The number of ether oxygens (including phenoxy) is 1. The van der Waals surface area contributed by atoms with E-state index < -0.39 is 0 Å². The maximum absolute atomic E-state index is 5.90. The fourth-order valence-corrected chi connectivity index (χ4v) is 1.55. The van der Waals surface area contributed by atoms with Gasteiger partial charge in [0.25, 0.3) is 0 Å². The lowest BCUT2D eigenvalue weighted by atomic mass is 9.90. The van der Waals surface area contributed by atoms with Crippen LogP contribution in [0.1, 0.15) is 27.2 Å². The molecule has 1 aliphatic heterocycles. The van der Waals surface area contributed by atoms with Crippen LogP contribution in [0.2, 0.25) is 0 Å². The van der Waals surface area contributed by atoms with Gasteiger partial charge in [0.05, 0.1) is 13.2 Å². The van der Waals surface area contributed by atoms with E-state index in [0.717, 1.165) is 26.3 Å². The number of hydrogen-bond donors (Lipinski definition) is 2. The van der Waals surface area contributed by atoms with Gasteiger partial charge in [0.1, 0.15) is 0 Å². The minimum atomic E-state index is 0.229. The molecule has 0 saturated carbocycles. The molecule has 84 valence electrons. The Balaban J connectivity index is 2.15. The lowest BCUT2D eigenvalue weighted by molar-refractivity contribution is 0.183. The minimum Gasteiger partial charge on any atom is -0.379 e. The van der Waals surface area contributed by atoms with Gasteiger partial charge in [-0.2, -0.15) is 0 Å². The topological polar surface area (TPSA) is 47.3 Å². The van der Waals surface area contributed by atoms with Gasteiger partial charge in [-0.15, -0.1) is 0 Å². The SMILES string of the molecule is CCC(C)(C)CNCC1COCC1N. The summed E-state index contributed by atoms with van der Waals surface area (Å²) in [7, 11) is 0. The van der Waals surface area contributed by atoms with E-state index >= 15 is 0 Å². The average Bonchev–Trinajstić information content (AvgIpc) is 2.52. The molecule has 1 aliphatic rings. The third-order valence-electron chi connectivity index (χ3n) is 3.21. The maximum Gasteiger partial charge on any atom is 0.0621 e. The van der Waals surface area contributed by atoms with Gasteiger partial charge in [0.2, 0.25) is 0 Å². The van der Waals surface area contributed by atoms with E-state index in [1.807, 2.05) is 0 Å². The van der Waals surface area contributed by atoms with E-state index in [-0.39, 0.29) is 6.04 Å². The van der Waals surface area contributed by atoms with Gasteiger partial charge in [-0.3, -0.25) is 0 Å². The van der Waals surface area contributed by atoms with Crippen LogP contribution in [-0.4, -0.2) is 32.3 Å². The molecule has 1 rings (SSSR count). The summed E-state index contributed by atoms with van der Waals surface area (Å²) < 4.78 is 5.31. The molecule has 0 aliphatic carbocycles. The van der Waals surface area contributed by atoms with Gasteiger partial charge < -0.3 is 15.8 Å². The van der Waals surface area contributed by atoms with Crippen molar-refractivity contribution in [2.75, 3.05) is 26.3 Å². The number of rotatable bonds is 5. The summed E-state index contributed by atoms with van der Waals surface area (Å²) in [6.45, 7) is 10.4. The summed E-state index contributed by atoms with van der Waals surface area (Å²) in [5, 5.41) is 3.49. The molecule has 0 bridgehead atoms. The first kappa shape index (κ1) is 12.0. The molecule has 0 amide bonds. The van der Waals surface area contributed by atoms with Crippen molar-refractivity contribution in [2.24, 2.45) is 17.1 Å². The molecule has 0 aromatic carbocycles. The van der Waals surface area contributed by atoms with Crippen LogP contribution in [0.4, 0.5) is 0 Å². The van der Waals surface area contributed by atoms with Crippen molar-refractivity contribution >= 4 is 0 Å². The number of hydrogen-bond acceptors (Lipinski definition) is 3. The second-order valence-corrected chi connectivity index (χ2v) is 5.11. The molecule has 1 heterocycles. The van der Waals surface area contributed by atoms with Crippen LogP contribution in [0, 0.1) is 11.3 Å². The predicted octanol–water partition coefficient (Wildman–Crippen LogP) is 0.986. The Labute approximate surface area is 87.4 Å². The molecule has 0 spiro atoms. The average molecular weight is 200 g/mol. The Hall–Kier alpha value is -0.120. The first-order valence-electron chi connectivity index (χ1n) is 5.59. The quantitative estimate of drug-likeness (QED) is 0.695. The fourth-order valence-electron chi connectivity index (χ4n) is 1.55. The molecular formula is C11H24N2O. The summed E-state index contributed by atoms with van der Waals surface area (Å²) in [5.41, 5.74) is 6.29. The Kier molecular flexibility index (Phi) is 4.35. The highest BCUT2D eigenvalue weighted by Gasteiger charge is 2.25. The smallest absolute Gasteiger partial charge is 0.0621 e. The van der Waals surface area contributed by atoms with Gasteiger partial charge in [0.15, 0.2) is 0 Å². The first-order chi connectivity index (χ1) is 6.55. The van der Waals surface area contributed by atoms with Crippen LogP contribution in [0.3, 0.4) is 0 Å². The number of nitrogens with one attached hydrogen (secondary N) is 1. The molecule has 0 radical (unpaired) electrons. The minimum absolute atomic E-state index is 0.229. The highest BCUT2D eigenvalue weighted by Crippen LogP contribution is 2.18. The van der Waals surface area contributed by atoms with Gasteiger partial charge in [0, 0.05) is 25.0 Å². The third kappa shape index (κ3) is 3.56. The van der Waals surface area contributed by atoms with Crippen LogP contribution in [0.25, 0.3) is 0 Å². The van der Waals surface area contributed by atoms with Crippen LogP contribution in [0.5, 0.6) is 0 Å². The molecule has 14 heavy (non-hydrogen) atoms. The van der Waals surface area contributed by atoms with Crippen molar-refractivity contribution in [3.63, 3.8) is 0 Å². The van der Waals surface area contributed by atoms with E-state index in [9.17, 15) is 0 Å². The van der Waals surface area contributed by atoms with E-state index in [2.05, 4.69) is 26.1 Å². The lowest BCUT2D eigenvalue weighted by Crippen LogP contribution is -2.39. The monoisotopic (exact) mass is 200 g/mol. The normalized spacial score (nSPS) is 28.3. The van der Waals surface area contributed by atoms with Crippen molar-refractivity contribution in [3.8, 4) is 0 Å². The molecule has 3 heteroatoms. The molecule has 2 unspecified atom stereocenters. The standard InChI is InChI=1S/C11H24N2O/c1-4-11(2,3)8-13-5-9-6-14-7-10(9)12/h9-10,13H,4-8,12H2,1-3H3. The van der Waals surface area contributed by atoms with Crippen molar-refractivity contribution in [2.45, 2.75) is 33.2 Å². The molecule has 1 fully saturated rings. The maximum atomic E-state index is 5.90. The molecular weight excluding hydrogens is 176 g/mol. The second-order valence-electron chi connectivity index (χ2n) is 5.11. The Bertz CT molecular complexity index is 171. The van der Waals surface area contributed by atoms with E-state index in [1.54, 1.807) is 0 Å². The summed E-state index contributed by atoms with van der Waals surface area (Å²) in [6.07, 6.45) is 1.20. The zero-order valence-electron chi connectivity index (χ0n) is 9.68. The highest BCUT2D eigenvalue weighted by molar-refractivity contribution is 4.80. The molecule has 3 N–H and O–H groups in total. The number of nitrogens with two attached hydrogens (primary N) is 1. The highest BCUT2D eigenvalue weighted by atomic mass is 16.5. The predicted molar refractivity (Wildman–Crippen MR) is 59.2 cm³/mol. The van der Waals surface area contributed by atoms with Crippen LogP contribution in [-0.2, 0) is 4.74 Å². The zero-order valence-corrected chi connectivity index (χ0v) is 9.68. The third-order valence-corrected chi connectivity index (χ3v) is 3.21. The summed E-state index contributed by atoms with van der Waals surface area (Å²) in [4.78, 5) is 0. The fraction of sp³-hybridized carbons (Fsp3) is 1.00. The Morgan fingerprint density at radius 3 is 2.64 bits per heavy atom. The van der Waals surface area contributed by atoms with Crippen molar-refractivity contribution in [3.05, 3.63) is 0 Å². The molecule has 2 atom stereocenters. The van der Waals surface area contributed by atoms with Crippen LogP contribution >= 0.6 is 0 Å². The summed E-state index contributed by atoms with van der Waals surface area (Å²) in [5.74, 6) is 0.502. The van der Waals surface area contributed by atoms with Crippen molar-refractivity contribution in [1.29, 1.82) is 0 Å². The van der Waals surface area contributed by atoms with Gasteiger partial charge in [-0.25, -0.2) is 0 Å². The van der Waals surface area contributed by atoms with Crippen LogP contribution in [0.15, 0.2) is 0 Å². The molecule has 1 saturated heterocycles. The zero-order chi connectivity index (χ0) is 10.6. The van der Waals surface area contributed by atoms with Crippen molar-refractivity contribution < 1.29 is 4.74 Å². The molecule has 3 nitrogen and oxygen atoms in total. The molecule has 0 aromatic rings. The largest absolute Gasteiger partial charge is 0.379 e. The van der Waals surface area contributed by atoms with Gasteiger partial charge in [-0.05, 0) is 11.8 Å². The van der Waals surface area contributed by atoms with Crippen molar-refractivity contribution in [1.82, 2.24) is 5.32 Å². The molecule has 0 aromatic heterocycles. The Morgan fingerprint density at radius 1 is 1.43 bits per heavy atom. The second kappa shape index (κ2) is 5.10. The van der Waals surface area contributed by atoms with Gasteiger partial charge in [-0.1, -0.05) is 20.8 Å². The van der Waals surface area contributed by atoms with E-state index in [4.69, 9.17) is 10.5 Å². The summed E-state index contributed by atoms with van der Waals surface area (Å²) >= 11 is 0. The summed E-state index contributed by atoms with van der Waals surface area (Å²) in [6, 6.07) is 0.229. The van der Waals surface area contributed by atoms with E-state index in [0.29, 0.717) is 11.3 Å². The first-order valence-corrected chi connectivity index (χ1v) is 5.59. The van der Waals surface area contributed by atoms with Crippen LogP contribution < -0.4 is 11.1 Å². The van der Waals surface area contributed by atoms with E-state index in [1.165, 1.54) is 6.42 Å².